The molecule has 1 unspecified atom stereocenters. The summed E-state index contributed by atoms with van der Waals surface area (Å²) in [5.41, 5.74) is 1.87. The second-order valence-electron chi connectivity index (χ2n) is 7.30. The first kappa shape index (κ1) is 21.9. The van der Waals surface area contributed by atoms with Crippen LogP contribution in [-0.2, 0) is 21.2 Å². The number of sulfonamides is 1. The Kier molecular flexibility index (Phi) is 6.52. The number of carbonyl (C=O) groups is 1. The standard InChI is InChI=1S/C21H25N3O5S/c1-3-17-7-9-18(10-8-17)16(2)21(25)22-11-13-23(14-12-22)30(28,29)20-6-4-5-19(15-20)24(26)27/h4-10,15-16H,3,11-14H2,1-2H3. The average molecular weight is 432 g/mol. The molecule has 1 heterocycles. The molecule has 0 aromatic heterocycles. The van der Waals surface area contributed by atoms with E-state index in [4.69, 9.17) is 0 Å². The molecular formula is C21H25N3O5S. The molecule has 0 N–H and O–H groups in total. The molecule has 3 rings (SSSR count). The maximum atomic E-state index is 12.9. The van der Waals surface area contributed by atoms with Crippen molar-refractivity contribution >= 4 is 21.6 Å². The monoisotopic (exact) mass is 431 g/mol. The lowest BCUT2D eigenvalue weighted by Crippen LogP contribution is -2.51. The summed E-state index contributed by atoms with van der Waals surface area (Å²) >= 11 is 0. The molecule has 9 heteroatoms. The van der Waals surface area contributed by atoms with Crippen LogP contribution in [0.25, 0.3) is 0 Å². The molecule has 0 spiro atoms. The highest BCUT2D eigenvalue weighted by Crippen LogP contribution is 2.24. The fourth-order valence-electron chi connectivity index (χ4n) is 3.51. The summed E-state index contributed by atoms with van der Waals surface area (Å²) in [7, 11) is -3.86. The number of non-ortho nitro benzene ring substituents is 1. The molecule has 1 fully saturated rings. The fraction of sp³-hybridized carbons (Fsp3) is 0.381. The molecule has 2 aromatic carbocycles. The number of hydrogen-bond donors (Lipinski definition) is 0. The minimum absolute atomic E-state index is 0.0355. The topological polar surface area (TPSA) is 101 Å². The highest BCUT2D eigenvalue weighted by molar-refractivity contribution is 7.89. The predicted octanol–water partition coefficient (Wildman–Crippen LogP) is 2.79. The van der Waals surface area contributed by atoms with Gasteiger partial charge in [0.25, 0.3) is 5.69 Å². The number of nitro benzene ring substituents is 1. The molecule has 1 aliphatic heterocycles. The van der Waals surface area contributed by atoms with E-state index in [1.807, 2.05) is 31.2 Å². The lowest BCUT2D eigenvalue weighted by atomic mass is 9.97. The van der Waals surface area contributed by atoms with Gasteiger partial charge >= 0.3 is 0 Å². The Morgan fingerprint density at radius 2 is 1.73 bits per heavy atom. The molecule has 0 saturated carbocycles. The largest absolute Gasteiger partial charge is 0.340 e. The van der Waals surface area contributed by atoms with Crippen molar-refractivity contribution in [1.82, 2.24) is 9.21 Å². The Labute approximate surface area is 176 Å². The van der Waals surface area contributed by atoms with Gasteiger partial charge < -0.3 is 4.90 Å². The molecule has 0 bridgehead atoms. The van der Waals surface area contributed by atoms with E-state index in [0.717, 1.165) is 18.1 Å². The summed E-state index contributed by atoms with van der Waals surface area (Å²) in [5.74, 6) is -0.345. The van der Waals surface area contributed by atoms with E-state index in [1.54, 1.807) is 4.90 Å². The Hall–Kier alpha value is -2.78. The second-order valence-corrected chi connectivity index (χ2v) is 9.24. The van der Waals surface area contributed by atoms with Crippen LogP contribution in [0.5, 0.6) is 0 Å². The van der Waals surface area contributed by atoms with E-state index in [1.165, 1.54) is 28.1 Å². The van der Waals surface area contributed by atoms with Gasteiger partial charge in [0.2, 0.25) is 15.9 Å². The zero-order valence-corrected chi connectivity index (χ0v) is 17.8. The van der Waals surface area contributed by atoms with Crippen molar-refractivity contribution in [2.24, 2.45) is 0 Å². The van der Waals surface area contributed by atoms with Crippen LogP contribution in [0.15, 0.2) is 53.4 Å². The van der Waals surface area contributed by atoms with Gasteiger partial charge in [-0.3, -0.25) is 14.9 Å². The number of carbonyl (C=O) groups excluding carboxylic acids is 1. The van der Waals surface area contributed by atoms with Gasteiger partial charge in [-0.25, -0.2) is 8.42 Å². The quantitative estimate of drug-likeness (QED) is 0.517. The van der Waals surface area contributed by atoms with Gasteiger partial charge in [0.05, 0.1) is 15.7 Å². The Morgan fingerprint density at radius 1 is 1.10 bits per heavy atom. The zero-order chi connectivity index (χ0) is 21.9. The van der Waals surface area contributed by atoms with Crippen LogP contribution < -0.4 is 0 Å². The SMILES string of the molecule is CCc1ccc(C(C)C(=O)N2CCN(S(=O)(=O)c3cccc([N+](=O)[O-])c3)CC2)cc1. The summed E-state index contributed by atoms with van der Waals surface area (Å²) in [6.45, 7) is 4.80. The Balaban J connectivity index is 1.66. The fourth-order valence-corrected chi connectivity index (χ4v) is 4.98. The van der Waals surface area contributed by atoms with E-state index < -0.39 is 14.9 Å². The number of amides is 1. The molecule has 1 saturated heterocycles. The molecule has 30 heavy (non-hydrogen) atoms. The number of aryl methyl sites for hydroxylation is 1. The molecular weight excluding hydrogens is 406 g/mol. The third kappa shape index (κ3) is 4.52. The van der Waals surface area contributed by atoms with Gasteiger partial charge in [0.15, 0.2) is 0 Å². The van der Waals surface area contributed by atoms with Crippen LogP contribution in [0.1, 0.15) is 30.9 Å². The number of nitro groups is 1. The Bertz CT molecular complexity index is 1030. The normalized spacial score (nSPS) is 16.3. The van der Waals surface area contributed by atoms with Gasteiger partial charge in [-0.2, -0.15) is 4.31 Å². The van der Waals surface area contributed by atoms with Crippen LogP contribution >= 0.6 is 0 Å². The van der Waals surface area contributed by atoms with Crippen molar-refractivity contribution in [1.29, 1.82) is 0 Å². The van der Waals surface area contributed by atoms with E-state index >= 15 is 0 Å². The first-order valence-electron chi connectivity index (χ1n) is 9.86. The zero-order valence-electron chi connectivity index (χ0n) is 17.0. The first-order valence-corrected chi connectivity index (χ1v) is 11.3. The van der Waals surface area contributed by atoms with E-state index in [9.17, 15) is 23.3 Å². The van der Waals surface area contributed by atoms with Crippen LogP contribution in [0.2, 0.25) is 0 Å². The predicted molar refractivity (Wildman–Crippen MR) is 113 cm³/mol. The summed E-state index contributed by atoms with van der Waals surface area (Å²) in [4.78, 5) is 24.8. The second kappa shape index (κ2) is 8.93. The summed E-state index contributed by atoms with van der Waals surface area (Å²) in [5, 5.41) is 10.9. The van der Waals surface area contributed by atoms with Crippen molar-refractivity contribution in [3.8, 4) is 0 Å². The number of hydrogen-bond acceptors (Lipinski definition) is 5. The van der Waals surface area contributed by atoms with E-state index in [-0.39, 0.29) is 48.6 Å². The third-order valence-corrected chi connectivity index (χ3v) is 7.37. The minimum Gasteiger partial charge on any atom is -0.340 e. The maximum absolute atomic E-state index is 12.9. The van der Waals surface area contributed by atoms with Crippen molar-refractivity contribution in [2.45, 2.75) is 31.1 Å². The van der Waals surface area contributed by atoms with Crippen molar-refractivity contribution < 1.29 is 18.1 Å². The molecule has 0 radical (unpaired) electrons. The molecule has 0 aliphatic carbocycles. The van der Waals surface area contributed by atoms with Gasteiger partial charge in [0, 0.05) is 38.3 Å². The van der Waals surface area contributed by atoms with Gasteiger partial charge in [-0.1, -0.05) is 37.3 Å². The average Bonchev–Trinajstić information content (AvgIpc) is 2.78. The molecule has 1 atom stereocenters. The summed E-state index contributed by atoms with van der Waals surface area (Å²) < 4.78 is 27.0. The maximum Gasteiger partial charge on any atom is 0.270 e. The van der Waals surface area contributed by atoms with Gasteiger partial charge in [-0.15, -0.1) is 0 Å². The van der Waals surface area contributed by atoms with E-state index in [0.29, 0.717) is 0 Å². The number of piperazine rings is 1. The minimum atomic E-state index is -3.86. The number of benzene rings is 2. The summed E-state index contributed by atoms with van der Waals surface area (Å²) in [6, 6.07) is 13.0. The number of rotatable bonds is 6. The third-order valence-electron chi connectivity index (χ3n) is 5.47. The van der Waals surface area contributed by atoms with Crippen LogP contribution in [-0.4, -0.2) is 54.6 Å². The molecule has 160 valence electrons. The van der Waals surface area contributed by atoms with Crippen LogP contribution in [0.3, 0.4) is 0 Å². The van der Waals surface area contributed by atoms with Crippen molar-refractivity contribution in [2.75, 3.05) is 26.2 Å². The molecule has 1 amide bonds. The van der Waals surface area contributed by atoms with Crippen molar-refractivity contribution in [3.05, 3.63) is 69.8 Å². The van der Waals surface area contributed by atoms with Crippen LogP contribution in [0, 0.1) is 10.1 Å². The number of nitrogens with zero attached hydrogens (tertiary/aromatic N) is 3. The molecule has 8 nitrogen and oxygen atoms in total. The highest BCUT2D eigenvalue weighted by Gasteiger charge is 2.32. The van der Waals surface area contributed by atoms with Gasteiger partial charge in [0.1, 0.15) is 0 Å². The van der Waals surface area contributed by atoms with Crippen molar-refractivity contribution in [3.63, 3.8) is 0 Å². The Morgan fingerprint density at radius 3 is 2.30 bits per heavy atom. The van der Waals surface area contributed by atoms with Crippen LogP contribution in [0.4, 0.5) is 5.69 Å². The first-order chi connectivity index (χ1) is 14.2. The highest BCUT2D eigenvalue weighted by atomic mass is 32.2. The molecule has 1 aliphatic rings. The lowest BCUT2D eigenvalue weighted by molar-refractivity contribution is -0.385. The smallest absolute Gasteiger partial charge is 0.270 e. The molecule has 2 aromatic rings. The summed E-state index contributed by atoms with van der Waals surface area (Å²) in [6.07, 6.45) is 0.934. The van der Waals surface area contributed by atoms with E-state index in [2.05, 4.69) is 6.92 Å². The lowest BCUT2D eigenvalue weighted by Gasteiger charge is -2.35. The van der Waals surface area contributed by atoms with Gasteiger partial charge in [-0.05, 0) is 30.5 Å².